The number of nitrogens with zero attached hydrogens (tertiary/aromatic N) is 2. The molecule has 0 bridgehead atoms. The second kappa shape index (κ2) is 11.4. The number of hydrogen-bond acceptors (Lipinski definition) is 5. The normalized spacial score (nSPS) is 17.0. The summed E-state index contributed by atoms with van der Waals surface area (Å²) in [6.45, 7) is 3.32. The summed E-state index contributed by atoms with van der Waals surface area (Å²) in [4.78, 5) is 43.2. The predicted molar refractivity (Wildman–Crippen MR) is 143 cm³/mol. The van der Waals surface area contributed by atoms with Gasteiger partial charge in [0.1, 0.15) is 5.54 Å². The quantitative estimate of drug-likeness (QED) is 0.307. The highest BCUT2D eigenvalue weighted by Crippen LogP contribution is 2.40. The van der Waals surface area contributed by atoms with Crippen molar-refractivity contribution in [2.24, 2.45) is 0 Å². The van der Waals surface area contributed by atoms with Gasteiger partial charge in [0.05, 0.1) is 12.7 Å². The lowest BCUT2D eigenvalue weighted by molar-refractivity contribution is -0.153. The van der Waals surface area contributed by atoms with Crippen LogP contribution in [-0.2, 0) is 20.9 Å². The van der Waals surface area contributed by atoms with Gasteiger partial charge in [-0.25, -0.2) is 0 Å². The molecule has 1 unspecified atom stereocenters. The molecule has 2 aromatic carbocycles. The SMILES string of the molecule is CCCC1(C(=O)N(CCCC(=O)OC)Cc2cccc(Cl)c2)CCN1C(=O)c1csc2ccccc12. The minimum atomic E-state index is -0.890. The third kappa shape index (κ3) is 5.27. The molecule has 4 rings (SSSR count). The molecule has 36 heavy (non-hydrogen) atoms. The number of carbonyl (C=O) groups excluding carboxylic acids is 3. The average Bonchev–Trinajstić information content (AvgIpc) is 3.30. The van der Waals surface area contributed by atoms with Crippen molar-refractivity contribution in [3.8, 4) is 0 Å². The number of esters is 1. The fourth-order valence-electron chi connectivity index (χ4n) is 5.00. The van der Waals surface area contributed by atoms with Crippen molar-refractivity contribution in [3.05, 3.63) is 70.1 Å². The molecule has 1 atom stereocenters. The third-order valence-corrected chi connectivity index (χ3v) is 8.07. The molecule has 8 heteroatoms. The number of halogens is 1. The maximum Gasteiger partial charge on any atom is 0.305 e. The molecule has 1 fully saturated rings. The molecule has 3 aromatic rings. The number of ether oxygens (including phenoxy) is 1. The van der Waals surface area contributed by atoms with Gasteiger partial charge in [0.25, 0.3) is 5.91 Å². The first-order valence-electron chi connectivity index (χ1n) is 12.3. The molecule has 0 N–H and O–H groups in total. The third-order valence-electron chi connectivity index (χ3n) is 6.87. The lowest BCUT2D eigenvalue weighted by atomic mass is 9.78. The first-order valence-corrected chi connectivity index (χ1v) is 13.5. The summed E-state index contributed by atoms with van der Waals surface area (Å²) in [5, 5.41) is 3.42. The first kappa shape index (κ1) is 26.2. The molecule has 0 aliphatic carbocycles. The second-order valence-corrected chi connectivity index (χ2v) is 10.5. The van der Waals surface area contributed by atoms with Gasteiger partial charge in [-0.05, 0) is 43.0 Å². The van der Waals surface area contributed by atoms with Crippen molar-refractivity contribution in [1.29, 1.82) is 0 Å². The van der Waals surface area contributed by atoms with Gasteiger partial charge in [-0.2, -0.15) is 0 Å². The van der Waals surface area contributed by atoms with Crippen LogP contribution in [0.2, 0.25) is 5.02 Å². The molecule has 6 nitrogen and oxygen atoms in total. The fourth-order valence-corrected chi connectivity index (χ4v) is 6.15. The monoisotopic (exact) mass is 526 g/mol. The Kier molecular flexibility index (Phi) is 8.32. The van der Waals surface area contributed by atoms with Crippen LogP contribution in [0.1, 0.15) is 54.9 Å². The van der Waals surface area contributed by atoms with Crippen LogP contribution in [0.25, 0.3) is 10.1 Å². The number of fused-ring (bicyclic) bond motifs is 1. The average molecular weight is 527 g/mol. The van der Waals surface area contributed by atoms with Crippen LogP contribution >= 0.6 is 22.9 Å². The number of rotatable bonds is 10. The number of amides is 2. The highest BCUT2D eigenvalue weighted by atomic mass is 35.5. The fraction of sp³-hybridized carbons (Fsp3) is 0.393. The van der Waals surface area contributed by atoms with Crippen molar-refractivity contribution in [2.75, 3.05) is 20.2 Å². The molecule has 0 spiro atoms. The molecule has 2 amide bonds. The van der Waals surface area contributed by atoms with Gasteiger partial charge < -0.3 is 14.5 Å². The Morgan fingerprint density at radius 3 is 2.67 bits per heavy atom. The van der Waals surface area contributed by atoms with E-state index in [1.807, 2.05) is 54.8 Å². The van der Waals surface area contributed by atoms with Crippen LogP contribution in [0.4, 0.5) is 0 Å². The standard InChI is InChI=1S/C28H31ClN2O4S/c1-3-13-28(14-16-31(28)26(33)23-19-36-24-11-5-4-10-22(23)24)27(34)30(15-7-12-25(32)35-2)18-20-8-6-9-21(29)17-20/h4-6,8-11,17,19H,3,7,12-16,18H2,1-2H3. The minimum Gasteiger partial charge on any atom is -0.469 e. The van der Waals surface area contributed by atoms with Gasteiger partial charge in [-0.15, -0.1) is 11.3 Å². The van der Waals surface area contributed by atoms with E-state index in [9.17, 15) is 14.4 Å². The summed E-state index contributed by atoms with van der Waals surface area (Å²) in [6, 6.07) is 15.3. The van der Waals surface area contributed by atoms with E-state index in [1.165, 1.54) is 7.11 Å². The molecule has 0 saturated carbocycles. The molecule has 1 saturated heterocycles. The summed E-state index contributed by atoms with van der Waals surface area (Å²) in [6.07, 6.45) is 2.68. The van der Waals surface area contributed by atoms with Crippen LogP contribution in [0.3, 0.4) is 0 Å². The Balaban J connectivity index is 1.62. The zero-order valence-electron chi connectivity index (χ0n) is 20.7. The number of methoxy groups -OCH3 is 1. The van der Waals surface area contributed by atoms with E-state index >= 15 is 0 Å². The molecule has 190 valence electrons. The lowest BCUT2D eigenvalue weighted by Gasteiger charge is -2.53. The lowest BCUT2D eigenvalue weighted by Crippen LogP contribution is -2.69. The zero-order valence-corrected chi connectivity index (χ0v) is 22.2. The number of thiophene rings is 1. The number of hydrogen-bond donors (Lipinski definition) is 0. The summed E-state index contributed by atoms with van der Waals surface area (Å²) in [7, 11) is 1.36. The van der Waals surface area contributed by atoms with Crippen molar-refractivity contribution < 1.29 is 19.1 Å². The van der Waals surface area contributed by atoms with E-state index in [0.717, 1.165) is 22.1 Å². The van der Waals surface area contributed by atoms with Crippen molar-refractivity contribution >= 4 is 50.8 Å². The zero-order chi connectivity index (χ0) is 25.7. The van der Waals surface area contributed by atoms with Gasteiger partial charge in [-0.1, -0.05) is 55.3 Å². The topological polar surface area (TPSA) is 66.9 Å². The number of carbonyl (C=O) groups is 3. The second-order valence-electron chi connectivity index (χ2n) is 9.17. The van der Waals surface area contributed by atoms with Crippen molar-refractivity contribution in [3.63, 3.8) is 0 Å². The molecule has 2 heterocycles. The number of likely N-dealkylation sites (tertiary alicyclic amines) is 1. The maximum absolute atomic E-state index is 14.2. The van der Waals surface area contributed by atoms with Crippen LogP contribution in [0, 0.1) is 0 Å². The van der Waals surface area contributed by atoms with Crippen LogP contribution in [0.15, 0.2) is 53.9 Å². The maximum atomic E-state index is 14.2. The molecule has 0 radical (unpaired) electrons. The predicted octanol–water partition coefficient (Wildman–Crippen LogP) is 5.92. The molecule has 1 aliphatic rings. The van der Waals surface area contributed by atoms with Gasteiger partial charge in [-0.3, -0.25) is 14.4 Å². The van der Waals surface area contributed by atoms with Gasteiger partial charge >= 0.3 is 5.97 Å². The van der Waals surface area contributed by atoms with Gasteiger partial charge in [0.2, 0.25) is 5.91 Å². The van der Waals surface area contributed by atoms with Gasteiger partial charge in [0, 0.05) is 46.5 Å². The minimum absolute atomic E-state index is 0.0756. The highest BCUT2D eigenvalue weighted by Gasteiger charge is 2.54. The van der Waals surface area contributed by atoms with E-state index in [2.05, 4.69) is 0 Å². The first-order chi connectivity index (χ1) is 17.4. The Morgan fingerprint density at radius 1 is 1.17 bits per heavy atom. The summed E-state index contributed by atoms with van der Waals surface area (Å²) >= 11 is 7.75. The van der Waals surface area contributed by atoms with Crippen LogP contribution in [-0.4, -0.2) is 53.3 Å². The van der Waals surface area contributed by atoms with Crippen molar-refractivity contribution in [2.45, 2.75) is 51.1 Å². The van der Waals surface area contributed by atoms with Crippen LogP contribution < -0.4 is 0 Å². The van der Waals surface area contributed by atoms with Gasteiger partial charge in [0.15, 0.2) is 0 Å². The Morgan fingerprint density at radius 2 is 1.97 bits per heavy atom. The summed E-state index contributed by atoms with van der Waals surface area (Å²) in [5.41, 5.74) is 0.663. The van der Waals surface area contributed by atoms with E-state index in [4.69, 9.17) is 16.3 Å². The van der Waals surface area contributed by atoms with Crippen molar-refractivity contribution in [1.82, 2.24) is 9.80 Å². The highest BCUT2D eigenvalue weighted by molar-refractivity contribution is 7.17. The molecular weight excluding hydrogens is 496 g/mol. The molecular formula is C28H31ClN2O4S. The summed E-state index contributed by atoms with van der Waals surface area (Å²) in [5.74, 6) is -0.482. The Bertz CT molecular complexity index is 1260. The Labute approximate surface area is 220 Å². The van der Waals surface area contributed by atoms with Crippen LogP contribution in [0.5, 0.6) is 0 Å². The van der Waals surface area contributed by atoms with E-state index in [-0.39, 0.29) is 24.2 Å². The van der Waals surface area contributed by atoms with E-state index in [1.54, 1.807) is 27.2 Å². The largest absolute Gasteiger partial charge is 0.469 e. The smallest absolute Gasteiger partial charge is 0.305 e. The van der Waals surface area contributed by atoms with E-state index in [0.29, 0.717) is 49.5 Å². The Hall–Kier alpha value is -2.90. The number of benzene rings is 2. The molecule has 1 aromatic heterocycles. The molecule has 1 aliphatic heterocycles. The summed E-state index contributed by atoms with van der Waals surface area (Å²) < 4.78 is 5.83. The van der Waals surface area contributed by atoms with E-state index < -0.39 is 5.54 Å².